The first kappa shape index (κ1) is 9.06. The van der Waals surface area contributed by atoms with Gasteiger partial charge in [-0.15, -0.1) is 0 Å². The zero-order valence-electron chi connectivity index (χ0n) is 8.39. The van der Waals surface area contributed by atoms with Crippen LogP contribution in [0, 0.1) is 13.8 Å². The molecule has 14 heavy (non-hydrogen) atoms. The quantitative estimate of drug-likeness (QED) is 0.681. The smallest absolute Gasteiger partial charge is 0.227 e. The van der Waals surface area contributed by atoms with Crippen molar-refractivity contribution in [1.82, 2.24) is 0 Å². The highest BCUT2D eigenvalue weighted by molar-refractivity contribution is 5.93. The highest BCUT2D eigenvalue weighted by atomic mass is 16.5. The Morgan fingerprint density at radius 2 is 2.14 bits per heavy atom. The molecule has 0 fully saturated rings. The predicted molar refractivity (Wildman–Crippen MR) is 54.7 cm³/mol. The van der Waals surface area contributed by atoms with Gasteiger partial charge in [-0.1, -0.05) is 6.07 Å². The van der Waals surface area contributed by atoms with E-state index in [4.69, 9.17) is 4.74 Å². The van der Waals surface area contributed by atoms with Gasteiger partial charge in [0, 0.05) is 0 Å². The minimum Gasteiger partial charge on any atom is -0.491 e. The van der Waals surface area contributed by atoms with E-state index in [9.17, 15) is 4.79 Å². The van der Waals surface area contributed by atoms with Gasteiger partial charge in [-0.2, -0.15) is 0 Å². The molecule has 0 radical (unpaired) electrons. The van der Waals surface area contributed by atoms with Gasteiger partial charge in [-0.25, -0.2) is 0 Å². The normalized spacial score (nSPS) is 15.1. The molecule has 0 aromatic heterocycles. The maximum Gasteiger partial charge on any atom is 0.227 e. The Kier molecular flexibility index (Phi) is 2.15. The van der Waals surface area contributed by atoms with Gasteiger partial charge in [-0.3, -0.25) is 4.79 Å². The third-order valence-electron chi connectivity index (χ3n) is 2.53. The number of ether oxygens (including phenoxy) is 1. The molecule has 1 amide bonds. The van der Waals surface area contributed by atoms with E-state index in [1.807, 2.05) is 26.0 Å². The molecule has 0 saturated heterocycles. The maximum absolute atomic E-state index is 11.3. The standard InChI is InChI=1S/C11H13NO2/c1-7-3-4-9-11(8(7)2)14-6-5-10(13)12-9/h3-4H,5-6H2,1-2H3,(H,12,13). The Balaban J connectivity index is 2.50. The van der Waals surface area contributed by atoms with Crippen LogP contribution in [-0.4, -0.2) is 12.5 Å². The van der Waals surface area contributed by atoms with Gasteiger partial charge in [0.25, 0.3) is 0 Å². The summed E-state index contributed by atoms with van der Waals surface area (Å²) in [6.07, 6.45) is 0.424. The van der Waals surface area contributed by atoms with Crippen molar-refractivity contribution in [3.8, 4) is 5.75 Å². The molecule has 0 bridgehead atoms. The average Bonchev–Trinajstić information content (AvgIpc) is 2.34. The van der Waals surface area contributed by atoms with E-state index in [1.54, 1.807) is 0 Å². The van der Waals surface area contributed by atoms with Crippen LogP contribution in [-0.2, 0) is 4.79 Å². The summed E-state index contributed by atoms with van der Waals surface area (Å²) in [6.45, 7) is 4.50. The molecule has 3 heteroatoms. The van der Waals surface area contributed by atoms with Crippen molar-refractivity contribution in [3.05, 3.63) is 23.3 Å². The largest absolute Gasteiger partial charge is 0.491 e. The molecule has 0 saturated carbocycles. The van der Waals surface area contributed by atoms with Crippen LogP contribution in [0.5, 0.6) is 5.75 Å². The Morgan fingerprint density at radius 3 is 2.93 bits per heavy atom. The fourth-order valence-electron chi connectivity index (χ4n) is 1.53. The number of rotatable bonds is 0. The number of benzene rings is 1. The number of carbonyl (C=O) groups excluding carboxylic acids is 1. The molecule has 74 valence electrons. The van der Waals surface area contributed by atoms with Crippen molar-refractivity contribution < 1.29 is 9.53 Å². The van der Waals surface area contributed by atoms with Crippen LogP contribution in [0.25, 0.3) is 0 Å². The highest BCUT2D eigenvalue weighted by Gasteiger charge is 2.15. The molecule has 1 heterocycles. The van der Waals surface area contributed by atoms with Crippen molar-refractivity contribution in [3.63, 3.8) is 0 Å². The van der Waals surface area contributed by atoms with Gasteiger partial charge >= 0.3 is 0 Å². The van der Waals surface area contributed by atoms with Crippen LogP contribution in [0.2, 0.25) is 0 Å². The number of carbonyl (C=O) groups is 1. The number of hydrogen-bond donors (Lipinski definition) is 1. The summed E-state index contributed by atoms with van der Waals surface area (Å²) in [6, 6.07) is 3.88. The number of hydrogen-bond acceptors (Lipinski definition) is 2. The van der Waals surface area contributed by atoms with Crippen LogP contribution in [0.3, 0.4) is 0 Å². The minimum atomic E-state index is 0.0204. The number of nitrogens with one attached hydrogen (secondary N) is 1. The Labute approximate surface area is 83.1 Å². The lowest BCUT2D eigenvalue weighted by Crippen LogP contribution is -2.10. The van der Waals surface area contributed by atoms with E-state index in [1.165, 1.54) is 5.56 Å². The monoisotopic (exact) mass is 191 g/mol. The second-order valence-electron chi connectivity index (χ2n) is 3.53. The van der Waals surface area contributed by atoms with Gasteiger partial charge in [0.15, 0.2) is 0 Å². The molecule has 0 unspecified atom stereocenters. The number of amides is 1. The molecule has 1 aliphatic rings. The second kappa shape index (κ2) is 3.33. The van der Waals surface area contributed by atoms with Crippen LogP contribution in [0.1, 0.15) is 17.5 Å². The first-order chi connectivity index (χ1) is 6.68. The first-order valence-electron chi connectivity index (χ1n) is 4.71. The molecular weight excluding hydrogens is 178 g/mol. The van der Waals surface area contributed by atoms with Gasteiger partial charge in [-0.05, 0) is 31.0 Å². The third kappa shape index (κ3) is 1.45. The van der Waals surface area contributed by atoms with E-state index in [2.05, 4.69) is 5.32 Å². The molecule has 1 N–H and O–H groups in total. The van der Waals surface area contributed by atoms with Crippen molar-refractivity contribution in [2.45, 2.75) is 20.3 Å². The molecule has 0 spiro atoms. The molecule has 1 aromatic carbocycles. The lowest BCUT2D eigenvalue weighted by Gasteiger charge is -2.11. The minimum absolute atomic E-state index is 0.0204. The number of fused-ring (bicyclic) bond motifs is 1. The number of aryl methyl sites for hydroxylation is 1. The lowest BCUT2D eigenvalue weighted by molar-refractivity contribution is -0.116. The SMILES string of the molecule is Cc1ccc2c(c1C)OCCC(=O)N2. The first-order valence-corrected chi connectivity index (χ1v) is 4.71. The Morgan fingerprint density at radius 1 is 1.36 bits per heavy atom. The fourth-order valence-corrected chi connectivity index (χ4v) is 1.53. The second-order valence-corrected chi connectivity index (χ2v) is 3.53. The van der Waals surface area contributed by atoms with Gasteiger partial charge in [0.05, 0.1) is 18.7 Å². The highest BCUT2D eigenvalue weighted by Crippen LogP contribution is 2.32. The van der Waals surface area contributed by atoms with Crippen molar-refractivity contribution in [2.75, 3.05) is 11.9 Å². The summed E-state index contributed by atoms with van der Waals surface area (Å²) in [7, 11) is 0. The molecule has 0 aliphatic carbocycles. The Bertz CT molecular complexity index is 385. The fraction of sp³-hybridized carbons (Fsp3) is 0.364. The lowest BCUT2D eigenvalue weighted by atomic mass is 10.1. The van der Waals surface area contributed by atoms with Gasteiger partial charge in [0.2, 0.25) is 5.91 Å². The van der Waals surface area contributed by atoms with E-state index in [0.29, 0.717) is 13.0 Å². The molecular formula is C11H13NO2. The van der Waals surface area contributed by atoms with E-state index >= 15 is 0 Å². The van der Waals surface area contributed by atoms with E-state index in [-0.39, 0.29) is 5.91 Å². The zero-order valence-corrected chi connectivity index (χ0v) is 8.39. The molecule has 1 aliphatic heterocycles. The van der Waals surface area contributed by atoms with Crippen LogP contribution >= 0.6 is 0 Å². The van der Waals surface area contributed by atoms with E-state index < -0.39 is 0 Å². The van der Waals surface area contributed by atoms with Crippen molar-refractivity contribution in [1.29, 1.82) is 0 Å². The molecule has 1 aromatic rings. The summed E-state index contributed by atoms with van der Waals surface area (Å²) >= 11 is 0. The average molecular weight is 191 g/mol. The van der Waals surface area contributed by atoms with Crippen molar-refractivity contribution >= 4 is 11.6 Å². The molecule has 3 nitrogen and oxygen atoms in total. The summed E-state index contributed by atoms with van der Waals surface area (Å²) < 4.78 is 5.55. The van der Waals surface area contributed by atoms with Crippen molar-refractivity contribution in [2.24, 2.45) is 0 Å². The third-order valence-corrected chi connectivity index (χ3v) is 2.53. The van der Waals surface area contributed by atoms with Gasteiger partial charge in [0.1, 0.15) is 5.75 Å². The predicted octanol–water partition coefficient (Wildman–Crippen LogP) is 2.02. The summed E-state index contributed by atoms with van der Waals surface area (Å²) in [5.41, 5.74) is 3.07. The maximum atomic E-state index is 11.3. The van der Waals surface area contributed by atoms with Crippen LogP contribution in [0.15, 0.2) is 12.1 Å². The van der Waals surface area contributed by atoms with Crippen LogP contribution in [0.4, 0.5) is 5.69 Å². The zero-order chi connectivity index (χ0) is 10.1. The summed E-state index contributed by atoms with van der Waals surface area (Å²) in [4.78, 5) is 11.3. The van der Waals surface area contributed by atoms with Gasteiger partial charge < -0.3 is 10.1 Å². The topological polar surface area (TPSA) is 38.3 Å². The Hall–Kier alpha value is -1.51. The number of anilines is 1. The summed E-state index contributed by atoms with van der Waals surface area (Å²) in [5.74, 6) is 0.836. The van der Waals surface area contributed by atoms with E-state index in [0.717, 1.165) is 17.0 Å². The molecule has 2 rings (SSSR count). The van der Waals surface area contributed by atoms with Crippen LogP contribution < -0.4 is 10.1 Å². The summed E-state index contributed by atoms with van der Waals surface area (Å²) in [5, 5.41) is 2.83. The molecule has 0 atom stereocenters.